The van der Waals surface area contributed by atoms with E-state index in [1.807, 2.05) is 53.6 Å². The number of aromatic nitrogens is 6. The van der Waals surface area contributed by atoms with Gasteiger partial charge in [-0.1, -0.05) is 36.4 Å². The van der Waals surface area contributed by atoms with Crippen LogP contribution in [0.25, 0.3) is 28.0 Å². The Morgan fingerprint density at radius 2 is 1.75 bits per heavy atom. The largest absolute Gasteiger partial charge is 0.383 e. The number of ketones is 1. The number of amides is 1. The van der Waals surface area contributed by atoms with E-state index in [0.29, 0.717) is 22.6 Å². The maximum Gasteiger partial charge on any atom is 0.272 e. The third-order valence-corrected chi connectivity index (χ3v) is 8.29. The molecule has 0 radical (unpaired) electrons. The molecule has 40 heavy (non-hydrogen) atoms. The van der Waals surface area contributed by atoms with Crippen LogP contribution >= 0.6 is 0 Å². The predicted molar refractivity (Wildman–Crippen MR) is 150 cm³/mol. The molecule has 0 saturated carbocycles. The molecule has 3 atom stereocenters. The summed E-state index contributed by atoms with van der Waals surface area (Å²) in [6.45, 7) is 1.52. The SMILES string of the molecule is CC(=O)c1c(C2C[C@H]3CC[C@@H](C2)N3C(=O)c2cnc[nH]2)nc2c(-c3ccc(-c4ccccc4)nc3)cnn2c1N. The molecule has 2 aliphatic heterocycles. The van der Waals surface area contributed by atoms with Crippen molar-refractivity contribution in [2.75, 3.05) is 5.73 Å². The van der Waals surface area contributed by atoms with E-state index in [-0.39, 0.29) is 35.5 Å². The van der Waals surface area contributed by atoms with Gasteiger partial charge in [-0.3, -0.25) is 14.6 Å². The van der Waals surface area contributed by atoms with Gasteiger partial charge < -0.3 is 15.6 Å². The highest BCUT2D eigenvalue weighted by Crippen LogP contribution is 2.45. The monoisotopic (exact) mass is 532 g/mol. The zero-order valence-corrected chi connectivity index (χ0v) is 22.0. The summed E-state index contributed by atoms with van der Waals surface area (Å²) in [4.78, 5) is 44.8. The first kappa shape index (κ1) is 24.2. The van der Waals surface area contributed by atoms with E-state index >= 15 is 0 Å². The van der Waals surface area contributed by atoms with Crippen LogP contribution < -0.4 is 5.73 Å². The van der Waals surface area contributed by atoms with Gasteiger partial charge in [0.15, 0.2) is 11.4 Å². The summed E-state index contributed by atoms with van der Waals surface area (Å²) in [6.07, 6.45) is 9.91. The van der Waals surface area contributed by atoms with Crippen molar-refractivity contribution in [3.8, 4) is 22.4 Å². The number of nitrogen functional groups attached to an aromatic ring is 1. The quantitative estimate of drug-likeness (QED) is 0.318. The third-order valence-electron chi connectivity index (χ3n) is 8.29. The van der Waals surface area contributed by atoms with E-state index in [9.17, 15) is 9.59 Å². The van der Waals surface area contributed by atoms with Crippen LogP contribution in [0.3, 0.4) is 0 Å². The van der Waals surface area contributed by atoms with Crippen LogP contribution in [0, 0.1) is 0 Å². The number of carbonyl (C=O) groups excluding carboxylic acids is 2. The van der Waals surface area contributed by atoms with Gasteiger partial charge in [-0.2, -0.15) is 9.61 Å². The number of Topliss-reactive ketones (excluding diaryl/α,β-unsaturated/α-hetero) is 1. The Hall–Kier alpha value is -4.86. The highest BCUT2D eigenvalue weighted by molar-refractivity contribution is 6.00. The zero-order chi connectivity index (χ0) is 27.4. The lowest BCUT2D eigenvalue weighted by Gasteiger charge is -2.39. The summed E-state index contributed by atoms with van der Waals surface area (Å²) in [5, 5.41) is 4.50. The van der Waals surface area contributed by atoms with Gasteiger partial charge in [0, 0.05) is 40.9 Å². The normalized spacial score (nSPS) is 20.2. The second-order valence-corrected chi connectivity index (χ2v) is 10.6. The first-order valence-electron chi connectivity index (χ1n) is 13.5. The van der Waals surface area contributed by atoms with Crippen molar-refractivity contribution in [3.63, 3.8) is 0 Å². The number of fused-ring (bicyclic) bond motifs is 3. The summed E-state index contributed by atoms with van der Waals surface area (Å²) >= 11 is 0. The van der Waals surface area contributed by atoms with Crippen molar-refractivity contribution >= 4 is 23.2 Å². The molecule has 0 spiro atoms. The van der Waals surface area contributed by atoms with Crippen molar-refractivity contribution in [2.45, 2.75) is 50.6 Å². The summed E-state index contributed by atoms with van der Waals surface area (Å²) in [7, 11) is 0. The number of aromatic amines is 1. The molecule has 1 amide bonds. The molecule has 2 bridgehead atoms. The molecule has 4 aromatic heterocycles. The Kier molecular flexibility index (Phi) is 5.69. The van der Waals surface area contributed by atoms with E-state index in [1.165, 1.54) is 13.3 Å². The maximum atomic E-state index is 13.2. The van der Waals surface area contributed by atoms with Crippen molar-refractivity contribution < 1.29 is 9.59 Å². The number of rotatable bonds is 5. The number of pyridine rings is 1. The van der Waals surface area contributed by atoms with Gasteiger partial charge in [-0.15, -0.1) is 0 Å². The van der Waals surface area contributed by atoms with Crippen LogP contribution in [-0.2, 0) is 0 Å². The molecule has 7 rings (SSSR count). The predicted octanol–water partition coefficient (Wildman–Crippen LogP) is 4.52. The smallest absolute Gasteiger partial charge is 0.272 e. The molecule has 200 valence electrons. The number of carbonyl (C=O) groups is 2. The molecule has 1 unspecified atom stereocenters. The van der Waals surface area contributed by atoms with Crippen molar-refractivity contribution in [1.29, 1.82) is 0 Å². The van der Waals surface area contributed by atoms with Crippen LogP contribution in [0.1, 0.15) is 65.1 Å². The standard InChI is InChI=1S/C30H28N8O2/c1-17(39)26-27(20-11-21-8-9-22(12-20)37(21)30(40)25-15-32-16-34-25)36-29-23(14-35-38(29)28(26)31)19-7-10-24(33-13-19)18-5-3-2-4-6-18/h2-7,10,13-16,20-22H,8-9,11-12,31H2,1H3,(H,32,34)/t20?,21-,22+. The Morgan fingerprint density at radius 3 is 2.40 bits per heavy atom. The van der Waals surface area contributed by atoms with Gasteiger partial charge >= 0.3 is 0 Å². The van der Waals surface area contributed by atoms with E-state index < -0.39 is 0 Å². The Balaban J connectivity index is 1.26. The molecule has 2 saturated heterocycles. The number of imidazole rings is 1. The fourth-order valence-corrected chi connectivity index (χ4v) is 6.47. The van der Waals surface area contributed by atoms with E-state index in [1.54, 1.807) is 16.9 Å². The molecule has 0 aliphatic carbocycles. The lowest BCUT2D eigenvalue weighted by molar-refractivity contribution is 0.0563. The molecule has 10 nitrogen and oxygen atoms in total. The Bertz CT molecular complexity index is 1710. The highest BCUT2D eigenvalue weighted by atomic mass is 16.2. The van der Waals surface area contributed by atoms with Crippen LogP contribution in [0.15, 0.2) is 67.4 Å². The lowest BCUT2D eigenvalue weighted by atomic mass is 9.85. The summed E-state index contributed by atoms with van der Waals surface area (Å²) in [5.41, 5.74) is 12.4. The molecule has 3 N–H and O–H groups in total. The first-order chi connectivity index (χ1) is 19.5. The fourth-order valence-electron chi connectivity index (χ4n) is 6.47. The van der Waals surface area contributed by atoms with Gasteiger partial charge in [0.25, 0.3) is 5.91 Å². The van der Waals surface area contributed by atoms with Crippen LogP contribution in [-0.4, -0.2) is 58.2 Å². The number of piperidine rings is 1. The summed E-state index contributed by atoms with van der Waals surface area (Å²) in [6, 6.07) is 14.1. The number of nitrogens with one attached hydrogen (secondary N) is 1. The number of nitrogens with zero attached hydrogens (tertiary/aromatic N) is 6. The minimum absolute atomic E-state index is 0.00384. The molecular formula is C30H28N8O2. The summed E-state index contributed by atoms with van der Waals surface area (Å²) < 4.78 is 1.55. The lowest BCUT2D eigenvalue weighted by Crippen LogP contribution is -2.46. The van der Waals surface area contributed by atoms with E-state index in [0.717, 1.165) is 48.1 Å². The van der Waals surface area contributed by atoms with Gasteiger partial charge in [0.1, 0.15) is 11.5 Å². The van der Waals surface area contributed by atoms with Gasteiger partial charge in [0.2, 0.25) is 0 Å². The fraction of sp³-hybridized carbons (Fsp3) is 0.267. The number of benzene rings is 1. The molecule has 6 heterocycles. The number of hydrogen-bond donors (Lipinski definition) is 2. The molecule has 10 heteroatoms. The molecule has 1 aromatic carbocycles. The zero-order valence-electron chi connectivity index (χ0n) is 22.0. The Morgan fingerprint density at radius 1 is 0.975 bits per heavy atom. The van der Waals surface area contributed by atoms with Crippen LogP contribution in [0.2, 0.25) is 0 Å². The van der Waals surface area contributed by atoms with E-state index in [4.69, 9.17) is 10.7 Å². The Labute approximate surface area is 230 Å². The molecular weight excluding hydrogens is 504 g/mol. The molecule has 2 aliphatic rings. The maximum absolute atomic E-state index is 13.2. The average molecular weight is 533 g/mol. The van der Waals surface area contributed by atoms with Crippen molar-refractivity contribution in [1.82, 2.24) is 34.4 Å². The second kappa shape index (κ2) is 9.41. The average Bonchev–Trinajstić information content (AvgIpc) is 3.71. The van der Waals surface area contributed by atoms with Crippen molar-refractivity contribution in [3.05, 3.63) is 84.3 Å². The number of anilines is 1. The highest BCUT2D eigenvalue weighted by Gasteiger charge is 2.45. The second-order valence-electron chi connectivity index (χ2n) is 10.6. The summed E-state index contributed by atoms with van der Waals surface area (Å²) in [5.74, 6) is 0.116. The topological polar surface area (TPSA) is 135 Å². The first-order valence-corrected chi connectivity index (χ1v) is 13.5. The minimum Gasteiger partial charge on any atom is -0.383 e. The van der Waals surface area contributed by atoms with Crippen molar-refractivity contribution in [2.24, 2.45) is 0 Å². The van der Waals surface area contributed by atoms with Crippen LogP contribution in [0.4, 0.5) is 5.82 Å². The van der Waals surface area contributed by atoms with Gasteiger partial charge in [-0.25, -0.2) is 9.97 Å². The number of nitrogens with two attached hydrogens (primary N) is 1. The number of hydrogen-bond acceptors (Lipinski definition) is 7. The van der Waals surface area contributed by atoms with Gasteiger partial charge in [0.05, 0.1) is 35.7 Å². The molecule has 2 fully saturated rings. The van der Waals surface area contributed by atoms with Crippen LogP contribution in [0.5, 0.6) is 0 Å². The minimum atomic E-state index is -0.142. The third kappa shape index (κ3) is 3.86. The van der Waals surface area contributed by atoms with Gasteiger partial charge in [-0.05, 0) is 38.7 Å². The number of H-pyrrole nitrogens is 1. The molecule has 5 aromatic rings. The van der Waals surface area contributed by atoms with E-state index in [2.05, 4.69) is 20.1 Å².